The van der Waals surface area contributed by atoms with Gasteiger partial charge in [0.2, 0.25) is 11.8 Å². The summed E-state index contributed by atoms with van der Waals surface area (Å²) in [5.41, 5.74) is 5.26. The maximum Gasteiger partial charge on any atom is 0.327 e. The zero-order valence-electron chi connectivity index (χ0n) is 20.5. The van der Waals surface area contributed by atoms with E-state index in [0.29, 0.717) is 23.5 Å². The van der Waals surface area contributed by atoms with Gasteiger partial charge in [-0.3, -0.25) is 13.9 Å². The van der Waals surface area contributed by atoms with E-state index >= 15 is 0 Å². The van der Waals surface area contributed by atoms with E-state index in [2.05, 4.69) is 20.0 Å². The molecule has 1 aliphatic rings. The molecule has 5 atom stereocenters. The predicted octanol–water partition coefficient (Wildman–Crippen LogP) is 2.26. The van der Waals surface area contributed by atoms with Crippen molar-refractivity contribution in [2.45, 2.75) is 65.0 Å². The van der Waals surface area contributed by atoms with Gasteiger partial charge >= 0.3 is 12.7 Å². The average molecular weight is 533 g/mol. The highest BCUT2D eigenvalue weighted by molar-refractivity contribution is 8.56. The number of aromatic nitrogens is 4. The minimum Gasteiger partial charge on any atom is -0.476 e. The fraction of sp³-hybridized carbons (Fsp3) is 0.700. The van der Waals surface area contributed by atoms with Crippen LogP contribution in [0.3, 0.4) is 0 Å². The standard InChI is InChI=1S/C20H33N6O7PS/c1-6-30-16-14-15(23-19(21)24-16)26(11-22-14)18-20(5,28)9-13(33-18)10-32-34(29,35-8-3)25-12(4)17(27)31-7-2/h11-13,18,28H,6-10H2,1-5H3,(H,25,29)(H2,21,23,24)/t12-,13+,18-,20-,34?/m1/s1. The van der Waals surface area contributed by atoms with Crippen molar-refractivity contribution in [2.24, 2.45) is 0 Å². The number of nitrogens with one attached hydrogen (secondary N) is 1. The number of nitrogens with two attached hydrogens (primary N) is 1. The summed E-state index contributed by atoms with van der Waals surface area (Å²) in [6.07, 6.45) is 0.211. The van der Waals surface area contributed by atoms with Gasteiger partial charge in [-0.2, -0.15) is 9.97 Å². The second-order valence-electron chi connectivity index (χ2n) is 8.13. The molecular formula is C20H33N6O7PS. The Balaban J connectivity index is 1.75. The van der Waals surface area contributed by atoms with Gasteiger partial charge in [0.1, 0.15) is 11.6 Å². The van der Waals surface area contributed by atoms with E-state index in [1.807, 2.05) is 13.8 Å². The van der Waals surface area contributed by atoms with Crippen LogP contribution in [0.2, 0.25) is 0 Å². The molecule has 2 aromatic rings. The maximum absolute atomic E-state index is 13.3. The zero-order chi connectivity index (χ0) is 25.8. The third-order valence-electron chi connectivity index (χ3n) is 5.16. The fourth-order valence-corrected chi connectivity index (χ4v) is 7.37. The van der Waals surface area contributed by atoms with Crippen molar-refractivity contribution in [3.8, 4) is 5.88 Å². The quantitative estimate of drug-likeness (QED) is 0.269. The molecule has 0 amide bonds. The van der Waals surface area contributed by atoms with E-state index < -0.39 is 36.7 Å². The summed E-state index contributed by atoms with van der Waals surface area (Å²) in [5, 5.41) is 13.9. The molecule has 2 aromatic heterocycles. The Kier molecular flexibility index (Phi) is 9.00. The molecule has 1 fully saturated rings. The first-order chi connectivity index (χ1) is 16.5. The molecule has 0 radical (unpaired) electrons. The zero-order valence-corrected chi connectivity index (χ0v) is 22.2. The van der Waals surface area contributed by atoms with Crippen LogP contribution in [-0.2, 0) is 23.4 Å². The lowest BCUT2D eigenvalue weighted by atomic mass is 10.0. The molecule has 0 saturated carbocycles. The number of hydrogen-bond donors (Lipinski definition) is 3. The Morgan fingerprint density at radius 2 is 2.17 bits per heavy atom. The Morgan fingerprint density at radius 3 is 2.83 bits per heavy atom. The lowest BCUT2D eigenvalue weighted by molar-refractivity contribution is -0.144. The largest absolute Gasteiger partial charge is 0.476 e. The van der Waals surface area contributed by atoms with Crippen LogP contribution in [0.4, 0.5) is 5.95 Å². The van der Waals surface area contributed by atoms with Gasteiger partial charge in [-0.1, -0.05) is 18.3 Å². The number of aliphatic hydroxyl groups is 1. The van der Waals surface area contributed by atoms with Crippen LogP contribution in [0, 0.1) is 0 Å². The van der Waals surface area contributed by atoms with Gasteiger partial charge in [0, 0.05) is 12.2 Å². The van der Waals surface area contributed by atoms with E-state index in [9.17, 15) is 14.5 Å². The first-order valence-electron chi connectivity index (χ1n) is 11.4. The minimum atomic E-state index is -3.46. The molecule has 1 aliphatic heterocycles. The number of anilines is 1. The molecule has 3 rings (SSSR count). The normalized spacial score (nSPS) is 24.9. The average Bonchev–Trinajstić information content (AvgIpc) is 3.32. The van der Waals surface area contributed by atoms with Crippen LogP contribution in [0.15, 0.2) is 6.33 Å². The van der Waals surface area contributed by atoms with Crippen LogP contribution in [0.1, 0.15) is 47.3 Å². The molecule has 4 N–H and O–H groups in total. The van der Waals surface area contributed by atoms with E-state index in [1.54, 1.807) is 25.3 Å². The molecular weight excluding hydrogens is 499 g/mol. The summed E-state index contributed by atoms with van der Waals surface area (Å²) >= 11 is 1.07. The summed E-state index contributed by atoms with van der Waals surface area (Å²) in [7, 11) is 0. The van der Waals surface area contributed by atoms with Crippen molar-refractivity contribution in [1.29, 1.82) is 0 Å². The summed E-state index contributed by atoms with van der Waals surface area (Å²) < 4.78 is 37.2. The predicted molar refractivity (Wildman–Crippen MR) is 131 cm³/mol. The number of carbonyl (C=O) groups excluding carboxylic acids is 1. The second-order valence-corrected chi connectivity index (χ2v) is 12.7. The number of fused-ring (bicyclic) bond motifs is 1. The number of nitrogen functional groups attached to an aromatic ring is 1. The van der Waals surface area contributed by atoms with Crippen LogP contribution < -0.4 is 15.6 Å². The van der Waals surface area contributed by atoms with Gasteiger partial charge in [-0.05, 0) is 27.7 Å². The van der Waals surface area contributed by atoms with Crippen LogP contribution in [0.25, 0.3) is 11.2 Å². The van der Waals surface area contributed by atoms with E-state index in [4.69, 9.17) is 24.5 Å². The van der Waals surface area contributed by atoms with Gasteiger partial charge < -0.3 is 29.6 Å². The van der Waals surface area contributed by atoms with Crippen LogP contribution in [0.5, 0.6) is 5.88 Å². The Hall–Kier alpha value is -1.96. The smallest absolute Gasteiger partial charge is 0.327 e. The molecule has 1 saturated heterocycles. The number of ether oxygens (including phenoxy) is 3. The molecule has 196 valence electrons. The summed E-state index contributed by atoms with van der Waals surface area (Å²) in [5.74, 6) is 0.216. The van der Waals surface area contributed by atoms with E-state index in [-0.39, 0.29) is 31.5 Å². The van der Waals surface area contributed by atoms with Crippen molar-refractivity contribution in [1.82, 2.24) is 24.6 Å². The first-order valence-corrected chi connectivity index (χ1v) is 14.6. The van der Waals surface area contributed by atoms with Gasteiger partial charge in [0.15, 0.2) is 17.4 Å². The third kappa shape index (κ3) is 6.43. The highest BCUT2D eigenvalue weighted by Crippen LogP contribution is 2.56. The lowest BCUT2D eigenvalue weighted by Crippen LogP contribution is -2.33. The van der Waals surface area contributed by atoms with Crippen molar-refractivity contribution in [3.63, 3.8) is 0 Å². The lowest BCUT2D eigenvalue weighted by Gasteiger charge is -2.25. The number of nitrogens with zero attached hydrogens (tertiary/aromatic N) is 4. The minimum absolute atomic E-state index is 0.000420. The highest BCUT2D eigenvalue weighted by atomic mass is 32.7. The number of carbonyl (C=O) groups is 1. The number of hydrogen-bond acceptors (Lipinski definition) is 12. The maximum atomic E-state index is 13.3. The Labute approximate surface area is 207 Å². The second kappa shape index (κ2) is 11.4. The molecule has 0 aromatic carbocycles. The van der Waals surface area contributed by atoms with Gasteiger partial charge in [0.05, 0.1) is 32.3 Å². The molecule has 0 aliphatic carbocycles. The SMILES string of the molecule is CCOC(=O)[C@@H](C)NP(=O)(OC[C@@H]1C[C@@](C)(O)[C@H](n2cnc3c(OCC)nc(N)nc32)O1)SCC. The molecule has 0 spiro atoms. The summed E-state index contributed by atoms with van der Waals surface area (Å²) in [6, 6.07) is -0.817. The fourth-order valence-electron chi connectivity index (χ4n) is 3.74. The summed E-state index contributed by atoms with van der Waals surface area (Å²) in [4.78, 5) is 24.6. The monoisotopic (exact) mass is 532 g/mol. The van der Waals surface area contributed by atoms with Crippen molar-refractivity contribution < 1.29 is 33.2 Å². The number of esters is 1. The van der Waals surface area contributed by atoms with Crippen molar-refractivity contribution >= 4 is 41.2 Å². The van der Waals surface area contributed by atoms with Crippen LogP contribution >= 0.6 is 18.1 Å². The Morgan fingerprint density at radius 1 is 1.43 bits per heavy atom. The number of rotatable bonds is 12. The van der Waals surface area contributed by atoms with Gasteiger partial charge in [-0.15, -0.1) is 0 Å². The third-order valence-corrected chi connectivity index (χ3v) is 9.37. The first kappa shape index (κ1) is 27.6. The van der Waals surface area contributed by atoms with E-state index in [1.165, 1.54) is 6.33 Å². The topological polar surface area (TPSA) is 173 Å². The highest BCUT2D eigenvalue weighted by Gasteiger charge is 2.46. The van der Waals surface area contributed by atoms with Gasteiger partial charge in [-0.25, -0.2) is 10.1 Å². The Bertz CT molecular complexity index is 1080. The molecule has 0 bridgehead atoms. The molecule has 1 unspecified atom stereocenters. The van der Waals surface area contributed by atoms with E-state index in [0.717, 1.165) is 11.4 Å². The molecule has 15 heteroatoms. The van der Waals surface area contributed by atoms with Crippen molar-refractivity contribution in [2.75, 3.05) is 31.3 Å². The number of imidazole rings is 1. The molecule has 35 heavy (non-hydrogen) atoms. The van der Waals surface area contributed by atoms with Crippen molar-refractivity contribution in [3.05, 3.63) is 6.33 Å². The van der Waals surface area contributed by atoms with Gasteiger partial charge in [0.25, 0.3) is 0 Å². The molecule has 13 nitrogen and oxygen atoms in total. The van der Waals surface area contributed by atoms with Crippen LogP contribution in [-0.4, -0.2) is 73.9 Å². The summed E-state index contributed by atoms with van der Waals surface area (Å²) in [6.45, 7) is 5.58. The molecule has 3 heterocycles.